The van der Waals surface area contributed by atoms with Crippen LogP contribution in [0.15, 0.2) is 28.8 Å². The van der Waals surface area contributed by atoms with Gasteiger partial charge in [-0.15, -0.1) is 0 Å². The van der Waals surface area contributed by atoms with E-state index in [1.165, 1.54) is 0 Å². The number of ether oxygens (including phenoxy) is 2. The first-order valence-electron chi connectivity index (χ1n) is 11.5. The van der Waals surface area contributed by atoms with E-state index in [0.717, 1.165) is 24.8 Å². The minimum atomic E-state index is -0.499. The fourth-order valence-electron chi connectivity index (χ4n) is 3.33. The lowest BCUT2D eigenvalue weighted by molar-refractivity contribution is -0.0190. The molecule has 1 aliphatic rings. The van der Waals surface area contributed by atoms with Crippen molar-refractivity contribution < 1.29 is 23.6 Å². The maximum Gasteiger partial charge on any atom is 0.410 e. The predicted octanol–water partition coefficient (Wildman–Crippen LogP) is 4.18. The maximum absolute atomic E-state index is 12.2. The van der Waals surface area contributed by atoms with E-state index in [2.05, 4.69) is 15.5 Å². The Bertz CT molecular complexity index is 927. The van der Waals surface area contributed by atoms with Crippen molar-refractivity contribution in [2.75, 3.05) is 13.1 Å². The molecule has 1 fully saturated rings. The number of amides is 2. The zero-order chi connectivity index (χ0) is 24.0. The number of hydrogen-bond acceptors (Lipinski definition) is 7. The van der Waals surface area contributed by atoms with E-state index < -0.39 is 5.60 Å². The molecule has 0 bridgehead atoms. The molecular formula is C24H34N4O5. The Labute approximate surface area is 194 Å². The maximum atomic E-state index is 12.2. The van der Waals surface area contributed by atoms with Crippen molar-refractivity contribution in [2.45, 2.75) is 78.2 Å². The molecule has 33 heavy (non-hydrogen) atoms. The van der Waals surface area contributed by atoms with Gasteiger partial charge in [-0.25, -0.2) is 4.79 Å². The predicted molar refractivity (Wildman–Crippen MR) is 123 cm³/mol. The number of piperidine rings is 1. The molecular weight excluding hydrogens is 424 g/mol. The van der Waals surface area contributed by atoms with Crippen molar-refractivity contribution in [1.29, 1.82) is 0 Å². The van der Waals surface area contributed by atoms with Crippen LogP contribution in [-0.2, 0) is 16.1 Å². The molecule has 1 atom stereocenters. The van der Waals surface area contributed by atoms with Crippen LogP contribution >= 0.6 is 0 Å². The first kappa shape index (κ1) is 24.7. The number of rotatable bonds is 7. The van der Waals surface area contributed by atoms with Gasteiger partial charge in [0.2, 0.25) is 0 Å². The summed E-state index contributed by atoms with van der Waals surface area (Å²) in [6, 6.07) is 7.18. The van der Waals surface area contributed by atoms with Crippen LogP contribution in [0.2, 0.25) is 0 Å². The summed E-state index contributed by atoms with van der Waals surface area (Å²) in [4.78, 5) is 30.5. The number of carbonyl (C=O) groups is 2. The highest BCUT2D eigenvalue weighted by Gasteiger charge is 2.27. The van der Waals surface area contributed by atoms with E-state index in [9.17, 15) is 9.59 Å². The zero-order valence-electron chi connectivity index (χ0n) is 20.1. The molecule has 0 saturated carbocycles. The minimum absolute atomic E-state index is 0.0222. The second-order valence-electron chi connectivity index (χ2n) is 9.35. The molecule has 1 aliphatic heterocycles. The minimum Gasteiger partial charge on any atom is -0.444 e. The van der Waals surface area contributed by atoms with Crippen LogP contribution in [0.1, 0.15) is 70.1 Å². The Morgan fingerprint density at radius 1 is 1.21 bits per heavy atom. The standard InChI is InChI=1S/C24H34N4O5/c1-6-16(2)25-21(29)17-7-9-18(10-8-17)22-26-20(27-33-22)15-31-19-11-13-28(14-12-19)23(30)32-24(3,4)5/h7-10,16,19H,6,11-15H2,1-5H3,(H,25,29). The lowest BCUT2D eigenvalue weighted by Crippen LogP contribution is -2.43. The number of nitrogens with one attached hydrogen (secondary N) is 1. The monoisotopic (exact) mass is 458 g/mol. The summed E-state index contributed by atoms with van der Waals surface area (Å²) in [7, 11) is 0. The molecule has 9 heteroatoms. The largest absolute Gasteiger partial charge is 0.444 e. The SMILES string of the molecule is CCC(C)NC(=O)c1ccc(-c2nc(COC3CCN(C(=O)OC(C)(C)C)CC3)no2)cc1. The third-order valence-corrected chi connectivity index (χ3v) is 5.39. The van der Waals surface area contributed by atoms with Gasteiger partial charge in [0.1, 0.15) is 12.2 Å². The van der Waals surface area contributed by atoms with Gasteiger partial charge in [0.15, 0.2) is 5.82 Å². The summed E-state index contributed by atoms with van der Waals surface area (Å²) in [5, 5.41) is 6.93. The first-order valence-corrected chi connectivity index (χ1v) is 11.5. The molecule has 1 saturated heterocycles. The quantitative estimate of drug-likeness (QED) is 0.663. The van der Waals surface area contributed by atoms with Gasteiger partial charge in [-0.2, -0.15) is 4.98 Å². The summed E-state index contributed by atoms with van der Waals surface area (Å²) >= 11 is 0. The third kappa shape index (κ3) is 7.28. The van der Waals surface area contributed by atoms with Crippen molar-refractivity contribution in [3.63, 3.8) is 0 Å². The fourth-order valence-corrected chi connectivity index (χ4v) is 3.33. The van der Waals surface area contributed by atoms with Crippen LogP contribution in [0, 0.1) is 0 Å². The Balaban J connectivity index is 1.47. The molecule has 2 aromatic rings. The molecule has 2 heterocycles. The van der Waals surface area contributed by atoms with Crippen LogP contribution in [-0.4, -0.2) is 57.9 Å². The van der Waals surface area contributed by atoms with Crippen molar-refractivity contribution in [2.24, 2.45) is 0 Å². The molecule has 1 aromatic carbocycles. The van der Waals surface area contributed by atoms with Crippen LogP contribution in [0.4, 0.5) is 4.79 Å². The number of likely N-dealkylation sites (tertiary alicyclic amines) is 1. The summed E-state index contributed by atoms with van der Waals surface area (Å²) in [6.45, 7) is 11.0. The lowest BCUT2D eigenvalue weighted by atomic mass is 10.1. The average molecular weight is 459 g/mol. The highest BCUT2D eigenvalue weighted by Crippen LogP contribution is 2.20. The summed E-state index contributed by atoms with van der Waals surface area (Å²) in [5.74, 6) is 0.730. The second-order valence-corrected chi connectivity index (χ2v) is 9.35. The van der Waals surface area contributed by atoms with Gasteiger partial charge in [0, 0.05) is 30.3 Å². The summed E-state index contributed by atoms with van der Waals surface area (Å²) in [6.07, 6.45) is 2.06. The average Bonchev–Trinajstić information content (AvgIpc) is 3.26. The van der Waals surface area contributed by atoms with Gasteiger partial charge in [0.05, 0.1) is 6.10 Å². The van der Waals surface area contributed by atoms with Gasteiger partial charge < -0.3 is 24.2 Å². The third-order valence-electron chi connectivity index (χ3n) is 5.39. The zero-order valence-corrected chi connectivity index (χ0v) is 20.1. The topological polar surface area (TPSA) is 107 Å². The van der Waals surface area contributed by atoms with Gasteiger partial charge in [0.25, 0.3) is 11.8 Å². The Morgan fingerprint density at radius 2 is 1.88 bits per heavy atom. The van der Waals surface area contributed by atoms with Crippen molar-refractivity contribution in [3.8, 4) is 11.5 Å². The number of carbonyl (C=O) groups excluding carboxylic acids is 2. The molecule has 9 nitrogen and oxygen atoms in total. The van der Waals surface area contributed by atoms with Crippen molar-refractivity contribution >= 4 is 12.0 Å². The van der Waals surface area contributed by atoms with E-state index in [1.54, 1.807) is 29.2 Å². The number of hydrogen-bond donors (Lipinski definition) is 1. The van der Waals surface area contributed by atoms with Crippen LogP contribution in [0.3, 0.4) is 0 Å². The lowest BCUT2D eigenvalue weighted by Gasteiger charge is -2.33. The van der Waals surface area contributed by atoms with Gasteiger partial charge >= 0.3 is 6.09 Å². The van der Waals surface area contributed by atoms with Crippen molar-refractivity contribution in [3.05, 3.63) is 35.7 Å². The van der Waals surface area contributed by atoms with Crippen molar-refractivity contribution in [1.82, 2.24) is 20.4 Å². The van der Waals surface area contributed by atoms with E-state index in [4.69, 9.17) is 14.0 Å². The van der Waals surface area contributed by atoms with E-state index >= 15 is 0 Å². The Kier molecular flexibility index (Phi) is 8.07. The molecule has 180 valence electrons. The van der Waals surface area contributed by atoms with Gasteiger partial charge in [-0.3, -0.25) is 4.79 Å². The highest BCUT2D eigenvalue weighted by atomic mass is 16.6. The normalized spacial score (nSPS) is 15.8. The molecule has 0 radical (unpaired) electrons. The smallest absolute Gasteiger partial charge is 0.410 e. The molecule has 0 aliphatic carbocycles. The summed E-state index contributed by atoms with van der Waals surface area (Å²) < 4.78 is 16.7. The first-order chi connectivity index (χ1) is 15.6. The van der Waals surface area contributed by atoms with Gasteiger partial charge in [-0.05, 0) is 71.2 Å². The van der Waals surface area contributed by atoms with Gasteiger partial charge in [-0.1, -0.05) is 12.1 Å². The fraction of sp³-hybridized carbons (Fsp3) is 0.583. The van der Waals surface area contributed by atoms with E-state index in [-0.39, 0.29) is 30.8 Å². The number of benzene rings is 1. The number of nitrogens with zero attached hydrogens (tertiary/aromatic N) is 3. The number of aromatic nitrogens is 2. The Morgan fingerprint density at radius 3 is 2.48 bits per heavy atom. The molecule has 1 aromatic heterocycles. The van der Waals surface area contributed by atoms with Crippen LogP contribution < -0.4 is 5.32 Å². The molecule has 1 unspecified atom stereocenters. The summed E-state index contributed by atoms with van der Waals surface area (Å²) in [5.41, 5.74) is 0.820. The molecule has 2 amide bonds. The molecule has 1 N–H and O–H groups in total. The van der Waals surface area contributed by atoms with Crippen LogP contribution in [0.5, 0.6) is 0 Å². The molecule has 3 rings (SSSR count). The second kappa shape index (κ2) is 10.8. The molecule has 0 spiro atoms. The Hall–Kier alpha value is -2.94. The van der Waals surface area contributed by atoms with E-state index in [0.29, 0.717) is 30.4 Å². The van der Waals surface area contributed by atoms with E-state index in [1.807, 2.05) is 34.6 Å². The highest BCUT2D eigenvalue weighted by molar-refractivity contribution is 5.94. The van der Waals surface area contributed by atoms with Crippen LogP contribution in [0.25, 0.3) is 11.5 Å².